The zero-order valence-electron chi connectivity index (χ0n) is 33.5. The van der Waals surface area contributed by atoms with E-state index in [9.17, 15) is 30.7 Å². The number of carbonyl (C=O) groups excluding carboxylic acids is 1. The molecule has 2 aromatic carbocycles. The molecular weight excluding hydrogens is 749 g/mol. The number of unbranched alkanes of at least 4 members (excludes halogenated alkanes) is 5. The van der Waals surface area contributed by atoms with Gasteiger partial charge in [0.1, 0.15) is 7.05 Å². The summed E-state index contributed by atoms with van der Waals surface area (Å²) in [7, 11) is -6.75. The minimum atomic E-state index is -4.38. The molecule has 5 N–H and O–H groups in total. The minimum absolute atomic E-state index is 0.0770. The molecule has 2 aromatic rings. The van der Waals surface area contributed by atoms with E-state index in [1.54, 1.807) is 24.3 Å². The number of fused-ring (bicyclic) bond motifs is 2. The molecule has 0 atom stereocenters. The molecule has 11 nitrogen and oxygen atoms in total. The lowest BCUT2D eigenvalue weighted by Gasteiger charge is -2.27. The Kier molecular flexibility index (Phi) is 13.7. The first kappa shape index (κ1) is 43.2. The van der Waals surface area contributed by atoms with E-state index in [1.165, 1.54) is 23.3 Å². The monoisotopic (exact) mass is 807 g/mol. The maximum Gasteiger partial charge on any atom is 0.294 e. The van der Waals surface area contributed by atoms with Gasteiger partial charge in [-0.15, -0.1) is 0 Å². The molecule has 1 aliphatic carbocycles. The van der Waals surface area contributed by atoms with Crippen LogP contribution in [0.5, 0.6) is 0 Å². The highest BCUT2D eigenvalue weighted by Crippen LogP contribution is 2.49. The van der Waals surface area contributed by atoms with Crippen LogP contribution >= 0.6 is 0 Å². The highest BCUT2D eigenvalue weighted by molar-refractivity contribution is 7.86. The normalized spacial score (nSPS) is 19.2. The summed E-state index contributed by atoms with van der Waals surface area (Å²) in [5.41, 5.74) is 12.4. The SMILES string of the molecule is C[N+]1=C(/C=C/C2=CC(=C\C=C3\N(CCCCCC(=O)NCCCCCCN)c4ccc(S(=O)(=O)O)cc4C3(C)C)/CCC2)C(C)(C)c2cc(S(=O)(=O)O)ccc21. The zero-order valence-corrected chi connectivity index (χ0v) is 35.1. The summed E-state index contributed by atoms with van der Waals surface area (Å²) in [5, 5.41) is 3.02. The fourth-order valence-corrected chi connectivity index (χ4v) is 9.23. The molecule has 56 heavy (non-hydrogen) atoms. The highest BCUT2D eigenvalue weighted by Gasteiger charge is 2.44. The molecule has 3 aliphatic rings. The van der Waals surface area contributed by atoms with E-state index < -0.39 is 31.1 Å². The molecule has 0 unspecified atom stereocenters. The van der Waals surface area contributed by atoms with Crippen molar-refractivity contribution in [2.45, 2.75) is 119 Å². The van der Waals surface area contributed by atoms with Crippen molar-refractivity contribution in [2.75, 3.05) is 31.6 Å². The molecule has 13 heteroatoms. The third kappa shape index (κ3) is 9.97. The first-order valence-corrected chi connectivity index (χ1v) is 22.6. The van der Waals surface area contributed by atoms with Gasteiger partial charge in [0.25, 0.3) is 20.2 Å². The number of nitrogens with one attached hydrogen (secondary N) is 1. The van der Waals surface area contributed by atoms with E-state index in [0.29, 0.717) is 26.1 Å². The van der Waals surface area contributed by atoms with Gasteiger partial charge in [-0.25, -0.2) is 0 Å². The Morgan fingerprint density at radius 2 is 1.50 bits per heavy atom. The predicted molar refractivity (Wildman–Crippen MR) is 223 cm³/mol. The Balaban J connectivity index is 1.32. The van der Waals surface area contributed by atoms with Gasteiger partial charge in [-0.2, -0.15) is 21.4 Å². The maximum atomic E-state index is 12.4. The van der Waals surface area contributed by atoms with Crippen LogP contribution in [0, 0.1) is 0 Å². The number of hydrogen-bond acceptors (Lipinski definition) is 7. The number of nitrogens with zero attached hydrogens (tertiary/aromatic N) is 2. The van der Waals surface area contributed by atoms with Crippen LogP contribution in [0.3, 0.4) is 0 Å². The lowest BCUT2D eigenvalue weighted by Crippen LogP contribution is -2.27. The number of amides is 1. The molecule has 0 spiro atoms. The minimum Gasteiger partial charge on any atom is -0.356 e. The van der Waals surface area contributed by atoms with E-state index >= 15 is 0 Å². The van der Waals surface area contributed by atoms with Crippen molar-refractivity contribution >= 4 is 43.2 Å². The Hall–Kier alpha value is -3.88. The third-order valence-corrected chi connectivity index (χ3v) is 13.1. The molecular formula is C43H59N4O7S2+. The molecule has 5 rings (SSSR count). The first-order chi connectivity index (χ1) is 26.4. The summed E-state index contributed by atoms with van der Waals surface area (Å²) in [5.74, 6) is 0.0770. The molecule has 2 heterocycles. The zero-order chi connectivity index (χ0) is 40.9. The second-order valence-electron chi connectivity index (χ2n) is 16.2. The van der Waals surface area contributed by atoms with Gasteiger partial charge in [-0.3, -0.25) is 13.9 Å². The van der Waals surface area contributed by atoms with Crippen molar-refractivity contribution < 1.29 is 35.3 Å². The fourth-order valence-electron chi connectivity index (χ4n) is 8.22. The summed E-state index contributed by atoms with van der Waals surface area (Å²) < 4.78 is 69.6. The van der Waals surface area contributed by atoms with Gasteiger partial charge < -0.3 is 16.0 Å². The quantitative estimate of drug-likeness (QED) is 0.0712. The van der Waals surface area contributed by atoms with Crippen LogP contribution in [0.1, 0.15) is 109 Å². The van der Waals surface area contributed by atoms with E-state index in [0.717, 1.165) is 98.1 Å². The number of benzene rings is 2. The van der Waals surface area contributed by atoms with Crippen LogP contribution in [0.15, 0.2) is 93.4 Å². The average molecular weight is 808 g/mol. The van der Waals surface area contributed by atoms with E-state index in [1.807, 2.05) is 20.9 Å². The average Bonchev–Trinajstić information content (AvgIpc) is 3.47. The van der Waals surface area contributed by atoms with Crippen LogP contribution in [-0.4, -0.2) is 68.8 Å². The fraction of sp³-hybridized carbons (Fsp3) is 0.488. The van der Waals surface area contributed by atoms with Crippen molar-refractivity contribution in [3.63, 3.8) is 0 Å². The van der Waals surface area contributed by atoms with E-state index in [2.05, 4.69) is 59.0 Å². The smallest absolute Gasteiger partial charge is 0.294 e. The lowest BCUT2D eigenvalue weighted by molar-refractivity contribution is -0.401. The second-order valence-corrected chi connectivity index (χ2v) is 19.1. The van der Waals surface area contributed by atoms with Crippen LogP contribution < -0.4 is 16.0 Å². The van der Waals surface area contributed by atoms with Gasteiger partial charge in [0, 0.05) is 54.0 Å². The van der Waals surface area contributed by atoms with Gasteiger partial charge in [-0.05, 0) is 118 Å². The number of hydrogen-bond donors (Lipinski definition) is 4. The van der Waals surface area contributed by atoms with E-state index in [4.69, 9.17) is 5.73 Å². The van der Waals surface area contributed by atoms with Crippen molar-refractivity contribution in [1.82, 2.24) is 5.32 Å². The third-order valence-electron chi connectivity index (χ3n) is 11.4. The van der Waals surface area contributed by atoms with Crippen LogP contribution in [-0.2, 0) is 35.9 Å². The van der Waals surface area contributed by atoms with Gasteiger partial charge in [-0.1, -0.05) is 51.3 Å². The molecule has 0 aromatic heterocycles. The van der Waals surface area contributed by atoms with Crippen LogP contribution in [0.4, 0.5) is 11.4 Å². The summed E-state index contributed by atoms with van der Waals surface area (Å²) >= 11 is 0. The van der Waals surface area contributed by atoms with Crippen molar-refractivity contribution in [3.05, 3.63) is 94.7 Å². The molecule has 1 amide bonds. The lowest BCUT2D eigenvalue weighted by atomic mass is 9.81. The van der Waals surface area contributed by atoms with Gasteiger partial charge in [0.05, 0.1) is 15.2 Å². The Labute approximate surface area is 333 Å². The summed E-state index contributed by atoms with van der Waals surface area (Å²) in [6.45, 7) is 10.3. The molecule has 2 aliphatic heterocycles. The Morgan fingerprint density at radius 1 is 0.839 bits per heavy atom. The summed E-state index contributed by atoms with van der Waals surface area (Å²) in [6, 6.07) is 9.53. The largest absolute Gasteiger partial charge is 0.356 e. The summed E-state index contributed by atoms with van der Waals surface area (Å²) in [4.78, 5) is 14.4. The topological polar surface area (TPSA) is 170 Å². The second kappa shape index (κ2) is 17.7. The Bertz CT molecular complexity index is 2200. The van der Waals surface area contributed by atoms with Crippen molar-refractivity contribution in [1.29, 1.82) is 0 Å². The van der Waals surface area contributed by atoms with Crippen LogP contribution in [0.2, 0.25) is 0 Å². The number of rotatable bonds is 17. The molecule has 0 saturated carbocycles. The van der Waals surface area contributed by atoms with Gasteiger partial charge in [0.2, 0.25) is 11.6 Å². The van der Waals surface area contributed by atoms with Gasteiger partial charge >= 0.3 is 0 Å². The number of carbonyl (C=O) groups is 1. The molecule has 0 bridgehead atoms. The van der Waals surface area contributed by atoms with E-state index in [-0.39, 0.29) is 15.7 Å². The maximum absolute atomic E-state index is 12.4. The standard InChI is InChI=1S/C43H58N4O7S2/c1-42(2)35-29-33(55(49,50)51)19-21-37(35)46(5)39(42)23-17-31-14-13-15-32(28-31)18-24-40-43(3,4)36-30-34(56(52,53)54)20-22-38(36)47(40)27-12-8-9-16-41(48)45-26-11-7-6-10-25-44/h17-24,28-30H,6-16,25-27,44H2,1-5H3,(H2-,45,48,49,50,51,52,53,54)/p+1. The highest BCUT2D eigenvalue weighted by atomic mass is 32.2. The molecule has 0 fully saturated rings. The molecule has 304 valence electrons. The number of nitrogens with two attached hydrogens (primary N) is 1. The van der Waals surface area contributed by atoms with Gasteiger partial charge in [0.15, 0.2) is 5.71 Å². The molecule has 0 saturated heterocycles. The van der Waals surface area contributed by atoms with Crippen molar-refractivity contribution in [3.8, 4) is 0 Å². The predicted octanol–water partition coefficient (Wildman–Crippen LogP) is 7.66. The summed E-state index contributed by atoms with van der Waals surface area (Å²) in [6.07, 6.45) is 20.6. The number of anilines is 1. The van der Waals surface area contributed by atoms with Crippen LogP contribution in [0.25, 0.3) is 0 Å². The Morgan fingerprint density at radius 3 is 2.20 bits per heavy atom. The molecule has 0 radical (unpaired) electrons. The van der Waals surface area contributed by atoms with Crippen molar-refractivity contribution in [2.24, 2.45) is 5.73 Å². The first-order valence-electron chi connectivity index (χ1n) is 19.7. The number of allylic oxidation sites excluding steroid dienone is 8.